The molecule has 2 unspecified atom stereocenters. The summed E-state index contributed by atoms with van der Waals surface area (Å²) in [6, 6.07) is 16.3. The van der Waals surface area contributed by atoms with Gasteiger partial charge in [0.1, 0.15) is 11.8 Å². The highest BCUT2D eigenvalue weighted by Gasteiger charge is 2.38. The monoisotopic (exact) mass is 484 g/mol. The number of rotatable bonds is 6. The number of benzene rings is 2. The number of hydrogen-bond donors (Lipinski definition) is 1. The molecule has 1 aliphatic carbocycles. The van der Waals surface area contributed by atoms with Gasteiger partial charge in [-0.2, -0.15) is 0 Å². The zero-order valence-corrected chi connectivity index (χ0v) is 20.9. The largest absolute Gasteiger partial charge is 0.494 e. The molecule has 0 saturated heterocycles. The Morgan fingerprint density at radius 1 is 1.11 bits per heavy atom. The highest BCUT2D eigenvalue weighted by atomic mass is 16.5. The molecule has 8 heteroatoms. The lowest BCUT2D eigenvalue weighted by atomic mass is 9.95. The number of aromatic nitrogens is 5. The predicted octanol–water partition coefficient (Wildman–Crippen LogP) is 4.96. The number of nitrogens with one attached hydrogen (secondary N) is 1. The third kappa shape index (κ3) is 3.94. The van der Waals surface area contributed by atoms with Gasteiger partial charge in [-0.05, 0) is 79.4 Å². The predicted molar refractivity (Wildman–Crippen MR) is 140 cm³/mol. The topological polar surface area (TPSA) is 88.9 Å². The van der Waals surface area contributed by atoms with Crippen molar-refractivity contribution >= 4 is 16.6 Å². The zero-order valence-electron chi connectivity index (χ0n) is 20.9. The number of fused-ring (bicyclic) bond motifs is 2. The van der Waals surface area contributed by atoms with Crippen LogP contribution in [-0.4, -0.2) is 37.8 Å². The normalized spacial score (nSPS) is 18.9. The number of tetrazole rings is 1. The first kappa shape index (κ1) is 22.8. The van der Waals surface area contributed by atoms with Crippen molar-refractivity contribution in [3.63, 3.8) is 0 Å². The van der Waals surface area contributed by atoms with Crippen LogP contribution in [0.5, 0.6) is 5.75 Å². The van der Waals surface area contributed by atoms with E-state index in [9.17, 15) is 4.79 Å². The molecule has 1 saturated carbocycles. The molecule has 3 heterocycles. The third-order valence-corrected chi connectivity index (χ3v) is 7.67. The zero-order chi connectivity index (χ0) is 24.6. The van der Waals surface area contributed by atoms with Gasteiger partial charge >= 0.3 is 0 Å². The molecule has 4 aromatic rings. The lowest BCUT2D eigenvalue weighted by Crippen LogP contribution is -2.39. The number of ether oxygens (including phenoxy) is 1. The Morgan fingerprint density at radius 3 is 2.78 bits per heavy atom. The second-order valence-corrected chi connectivity index (χ2v) is 10.0. The van der Waals surface area contributed by atoms with Crippen LogP contribution < -0.4 is 15.2 Å². The SMILES string of the molecule is CCOc1ccc2[nH]c(=O)c(C(c3nnnn3C3CCCCC3)N3c4ccccc4CC3C)cc2c1. The van der Waals surface area contributed by atoms with Crippen LogP contribution in [0.1, 0.15) is 75.0 Å². The van der Waals surface area contributed by atoms with Crippen LogP contribution >= 0.6 is 0 Å². The van der Waals surface area contributed by atoms with Crippen molar-refractivity contribution in [1.29, 1.82) is 0 Å². The molecule has 8 nitrogen and oxygen atoms in total. The summed E-state index contributed by atoms with van der Waals surface area (Å²) in [7, 11) is 0. The molecule has 2 aromatic carbocycles. The molecule has 0 bridgehead atoms. The lowest BCUT2D eigenvalue weighted by molar-refractivity contribution is 0.312. The van der Waals surface area contributed by atoms with Gasteiger partial charge in [0.2, 0.25) is 0 Å². The number of H-pyrrole nitrogens is 1. The number of nitrogens with zero attached hydrogens (tertiary/aromatic N) is 5. The van der Waals surface area contributed by atoms with Crippen LogP contribution in [-0.2, 0) is 6.42 Å². The maximum absolute atomic E-state index is 13.7. The minimum atomic E-state index is -0.413. The van der Waals surface area contributed by atoms with Crippen molar-refractivity contribution < 1.29 is 4.74 Å². The van der Waals surface area contributed by atoms with Gasteiger partial charge in [0.25, 0.3) is 5.56 Å². The van der Waals surface area contributed by atoms with E-state index in [1.165, 1.54) is 24.8 Å². The Labute approximate surface area is 210 Å². The number of para-hydroxylation sites is 1. The fourth-order valence-corrected chi connectivity index (χ4v) is 6.02. The summed E-state index contributed by atoms with van der Waals surface area (Å²) in [6.07, 6.45) is 6.63. The fraction of sp³-hybridized carbons (Fsp3) is 0.429. The van der Waals surface area contributed by atoms with Crippen LogP contribution in [0, 0.1) is 0 Å². The molecule has 1 fully saturated rings. The Bertz CT molecular complexity index is 1440. The lowest BCUT2D eigenvalue weighted by Gasteiger charge is -2.34. The van der Waals surface area contributed by atoms with Crippen molar-refractivity contribution in [3.05, 3.63) is 75.8 Å². The van der Waals surface area contributed by atoms with Gasteiger partial charge in [0.15, 0.2) is 5.82 Å². The van der Waals surface area contributed by atoms with Crippen molar-refractivity contribution in [2.75, 3.05) is 11.5 Å². The van der Waals surface area contributed by atoms with Gasteiger partial charge in [-0.1, -0.05) is 37.5 Å². The first-order valence-corrected chi connectivity index (χ1v) is 13.1. The molecule has 36 heavy (non-hydrogen) atoms. The van der Waals surface area contributed by atoms with Gasteiger partial charge < -0.3 is 14.6 Å². The number of aromatic amines is 1. The first-order valence-electron chi connectivity index (χ1n) is 13.1. The number of pyridine rings is 1. The van der Waals surface area contributed by atoms with Crippen LogP contribution in [0.4, 0.5) is 5.69 Å². The summed E-state index contributed by atoms with van der Waals surface area (Å²) < 4.78 is 7.74. The van der Waals surface area contributed by atoms with Crippen molar-refractivity contribution in [1.82, 2.24) is 25.2 Å². The second kappa shape index (κ2) is 9.41. The van der Waals surface area contributed by atoms with E-state index in [4.69, 9.17) is 4.74 Å². The molecule has 0 amide bonds. The Balaban J connectivity index is 1.55. The molecule has 1 aliphatic heterocycles. The summed E-state index contributed by atoms with van der Waals surface area (Å²) in [5.74, 6) is 1.52. The Hall–Kier alpha value is -3.68. The van der Waals surface area contributed by atoms with E-state index >= 15 is 0 Å². The molecule has 186 valence electrons. The van der Waals surface area contributed by atoms with E-state index in [1.807, 2.05) is 35.9 Å². The molecule has 6 rings (SSSR count). The van der Waals surface area contributed by atoms with Crippen LogP contribution in [0.15, 0.2) is 53.3 Å². The maximum atomic E-state index is 13.7. The average Bonchev–Trinajstić information content (AvgIpc) is 3.50. The molecular formula is C28H32N6O2. The van der Waals surface area contributed by atoms with Crippen molar-refractivity contribution in [2.24, 2.45) is 0 Å². The van der Waals surface area contributed by atoms with Crippen LogP contribution in [0.25, 0.3) is 10.9 Å². The average molecular weight is 485 g/mol. The second-order valence-electron chi connectivity index (χ2n) is 10.0. The van der Waals surface area contributed by atoms with E-state index in [2.05, 4.69) is 56.6 Å². The maximum Gasteiger partial charge on any atom is 0.254 e. The molecule has 0 radical (unpaired) electrons. The van der Waals surface area contributed by atoms with E-state index in [-0.39, 0.29) is 17.6 Å². The third-order valence-electron chi connectivity index (χ3n) is 7.67. The molecule has 0 spiro atoms. The standard InChI is InChI=1S/C28H32N6O2/c1-3-36-22-13-14-24-20(16-22)17-23(28(35)29-24)26(33-18(2)15-19-9-7-8-12-25(19)33)27-30-31-32-34(27)21-10-5-4-6-11-21/h7-9,12-14,16-18,21,26H,3-6,10-11,15H2,1-2H3,(H,29,35). The summed E-state index contributed by atoms with van der Waals surface area (Å²) in [4.78, 5) is 19.1. The molecule has 2 aromatic heterocycles. The minimum absolute atomic E-state index is 0.119. The van der Waals surface area contributed by atoms with Crippen LogP contribution in [0.3, 0.4) is 0 Å². The van der Waals surface area contributed by atoms with Gasteiger partial charge in [0, 0.05) is 28.2 Å². The fourth-order valence-electron chi connectivity index (χ4n) is 6.02. The van der Waals surface area contributed by atoms with E-state index < -0.39 is 6.04 Å². The smallest absolute Gasteiger partial charge is 0.254 e. The van der Waals surface area contributed by atoms with E-state index in [0.29, 0.717) is 12.2 Å². The number of hydrogen-bond acceptors (Lipinski definition) is 6. The molecule has 2 atom stereocenters. The van der Waals surface area contributed by atoms with Gasteiger partial charge in [-0.25, -0.2) is 4.68 Å². The van der Waals surface area contributed by atoms with E-state index in [0.717, 1.165) is 47.4 Å². The van der Waals surface area contributed by atoms with Crippen LogP contribution in [0.2, 0.25) is 0 Å². The van der Waals surface area contributed by atoms with E-state index in [1.54, 1.807) is 0 Å². The highest BCUT2D eigenvalue weighted by molar-refractivity contribution is 5.81. The summed E-state index contributed by atoms with van der Waals surface area (Å²) in [5.41, 5.74) is 3.73. The van der Waals surface area contributed by atoms with Crippen molar-refractivity contribution in [2.45, 2.75) is 70.5 Å². The highest BCUT2D eigenvalue weighted by Crippen LogP contribution is 2.42. The van der Waals surface area contributed by atoms with Crippen molar-refractivity contribution in [3.8, 4) is 5.75 Å². The molecule has 1 N–H and O–H groups in total. The van der Waals surface area contributed by atoms with Gasteiger partial charge in [0.05, 0.1) is 12.6 Å². The summed E-state index contributed by atoms with van der Waals surface area (Å²) in [5, 5.41) is 14.1. The van der Waals surface area contributed by atoms with Gasteiger partial charge in [-0.3, -0.25) is 4.79 Å². The summed E-state index contributed by atoms with van der Waals surface area (Å²) >= 11 is 0. The number of anilines is 1. The Kier molecular flexibility index (Phi) is 5.95. The first-order chi connectivity index (χ1) is 17.6. The Morgan fingerprint density at radius 2 is 1.94 bits per heavy atom. The minimum Gasteiger partial charge on any atom is -0.494 e. The molecular weight excluding hydrogens is 452 g/mol. The summed E-state index contributed by atoms with van der Waals surface area (Å²) in [6.45, 7) is 4.77. The van der Waals surface area contributed by atoms with Gasteiger partial charge in [-0.15, -0.1) is 5.10 Å². The molecule has 2 aliphatic rings. The quantitative estimate of drug-likeness (QED) is 0.416.